The second kappa shape index (κ2) is 7.09. The lowest BCUT2D eigenvalue weighted by molar-refractivity contribution is -0.130. The van der Waals surface area contributed by atoms with Gasteiger partial charge in [-0.1, -0.05) is 0 Å². The van der Waals surface area contributed by atoms with Gasteiger partial charge in [0.05, 0.1) is 25.3 Å². The molecule has 144 valence electrons. The zero-order chi connectivity index (χ0) is 18.3. The van der Waals surface area contributed by atoms with Gasteiger partial charge in [-0.25, -0.2) is 4.39 Å². The number of rotatable bonds is 6. The van der Waals surface area contributed by atoms with E-state index in [2.05, 4.69) is 12.2 Å². The van der Waals surface area contributed by atoms with Gasteiger partial charge in [0.2, 0.25) is 5.91 Å². The summed E-state index contributed by atoms with van der Waals surface area (Å²) in [5.74, 6) is 2.03. The fraction of sp³-hybridized carbons (Fsp3) is 0.900. The minimum absolute atomic E-state index is 0.0383. The number of carbonyl (C=O) groups is 1. The zero-order valence-electron chi connectivity index (χ0n) is 15.6. The number of hydrogen-bond donors (Lipinski definition) is 1. The first kappa shape index (κ1) is 18.2. The molecule has 1 saturated heterocycles. The number of halogens is 1. The summed E-state index contributed by atoms with van der Waals surface area (Å²) in [6.07, 6.45) is 6.61. The van der Waals surface area contributed by atoms with E-state index in [0.717, 1.165) is 38.2 Å². The first-order valence-corrected chi connectivity index (χ1v) is 10.2. The number of fused-ring (bicyclic) bond motifs is 1. The van der Waals surface area contributed by atoms with Crippen LogP contribution < -0.4 is 5.32 Å². The van der Waals surface area contributed by atoms with Gasteiger partial charge in [-0.3, -0.25) is 4.79 Å². The second-order valence-corrected chi connectivity index (χ2v) is 9.24. The molecule has 0 aromatic heterocycles. The molecule has 4 aliphatic rings. The molecule has 26 heavy (non-hydrogen) atoms. The van der Waals surface area contributed by atoms with Gasteiger partial charge in [0.15, 0.2) is 0 Å². The predicted octanol–water partition coefficient (Wildman–Crippen LogP) is 2.41. The largest absolute Gasteiger partial charge is 0.378 e. The first-order valence-electron chi connectivity index (χ1n) is 10.2. The Labute approximate surface area is 155 Å². The summed E-state index contributed by atoms with van der Waals surface area (Å²) < 4.78 is 19.6. The summed E-state index contributed by atoms with van der Waals surface area (Å²) in [5, 5.41) is 12.5. The molecule has 4 rings (SSSR count). The molecule has 1 aliphatic heterocycles. The highest BCUT2D eigenvalue weighted by atomic mass is 19.1. The van der Waals surface area contributed by atoms with Crippen molar-refractivity contribution in [2.24, 2.45) is 17.8 Å². The van der Waals surface area contributed by atoms with Crippen LogP contribution in [0, 0.1) is 29.1 Å². The topological polar surface area (TPSA) is 65.4 Å². The Balaban J connectivity index is 1.23. The lowest BCUT2D eigenvalue weighted by Gasteiger charge is -2.29. The van der Waals surface area contributed by atoms with Gasteiger partial charge in [-0.05, 0) is 63.2 Å². The maximum absolute atomic E-state index is 13.5. The molecule has 0 aromatic rings. The van der Waals surface area contributed by atoms with Crippen LogP contribution in [0.3, 0.4) is 0 Å². The highest BCUT2D eigenvalue weighted by Crippen LogP contribution is 2.49. The zero-order valence-corrected chi connectivity index (χ0v) is 15.6. The Morgan fingerprint density at radius 3 is 2.62 bits per heavy atom. The number of likely N-dealkylation sites (tertiary alicyclic amines) is 1. The van der Waals surface area contributed by atoms with Gasteiger partial charge in [-0.2, -0.15) is 5.26 Å². The normalized spacial score (nSPS) is 42.0. The third kappa shape index (κ3) is 3.89. The van der Waals surface area contributed by atoms with Crippen LogP contribution in [0.2, 0.25) is 0 Å². The number of amides is 1. The van der Waals surface area contributed by atoms with Crippen LogP contribution in [0.15, 0.2) is 0 Å². The number of nitrogens with zero attached hydrogens (tertiary/aromatic N) is 2. The van der Waals surface area contributed by atoms with Crippen LogP contribution in [0.1, 0.15) is 51.9 Å². The van der Waals surface area contributed by atoms with Crippen molar-refractivity contribution in [3.05, 3.63) is 0 Å². The van der Waals surface area contributed by atoms with Crippen LogP contribution in [0.5, 0.6) is 0 Å². The van der Waals surface area contributed by atoms with Gasteiger partial charge < -0.3 is 15.0 Å². The van der Waals surface area contributed by atoms with Crippen molar-refractivity contribution in [1.29, 1.82) is 5.26 Å². The van der Waals surface area contributed by atoms with E-state index in [1.807, 2.05) is 6.07 Å². The fourth-order valence-corrected chi connectivity index (χ4v) is 5.31. The van der Waals surface area contributed by atoms with E-state index in [4.69, 9.17) is 10.00 Å². The SMILES string of the molecule is CC1(NCC(=O)N2C[C@@H](F)C[C@H]2C#N)C[C@H]2CC(OCC3CC3)C[C@H]2C1. The van der Waals surface area contributed by atoms with E-state index in [-0.39, 0.29) is 31.0 Å². The summed E-state index contributed by atoms with van der Waals surface area (Å²) in [6.45, 7) is 3.39. The van der Waals surface area contributed by atoms with Crippen LogP contribution in [0.25, 0.3) is 0 Å². The van der Waals surface area contributed by atoms with Gasteiger partial charge in [-0.15, -0.1) is 0 Å². The summed E-state index contributed by atoms with van der Waals surface area (Å²) in [6, 6.07) is 1.44. The van der Waals surface area contributed by atoms with E-state index in [0.29, 0.717) is 17.9 Å². The second-order valence-electron chi connectivity index (χ2n) is 9.24. The van der Waals surface area contributed by atoms with Gasteiger partial charge in [0, 0.05) is 18.6 Å². The molecule has 2 unspecified atom stereocenters. The number of alkyl halides is 1. The summed E-state index contributed by atoms with van der Waals surface area (Å²) >= 11 is 0. The fourth-order valence-electron chi connectivity index (χ4n) is 5.31. The number of ether oxygens (including phenoxy) is 1. The van der Waals surface area contributed by atoms with E-state index in [1.165, 1.54) is 17.7 Å². The smallest absolute Gasteiger partial charge is 0.237 e. The molecule has 0 radical (unpaired) electrons. The van der Waals surface area contributed by atoms with Crippen molar-refractivity contribution in [1.82, 2.24) is 10.2 Å². The number of hydrogen-bond acceptors (Lipinski definition) is 4. The Kier molecular flexibility index (Phi) is 4.96. The Hall–Kier alpha value is -1.19. The Morgan fingerprint density at radius 2 is 2.00 bits per heavy atom. The van der Waals surface area contributed by atoms with Gasteiger partial charge >= 0.3 is 0 Å². The molecule has 1 N–H and O–H groups in total. The lowest BCUT2D eigenvalue weighted by Crippen LogP contribution is -2.48. The lowest BCUT2D eigenvalue weighted by atomic mass is 9.95. The molecular weight excluding hydrogens is 333 g/mol. The summed E-state index contributed by atoms with van der Waals surface area (Å²) in [4.78, 5) is 13.8. The van der Waals surface area contributed by atoms with Crippen molar-refractivity contribution in [3.8, 4) is 6.07 Å². The Morgan fingerprint density at radius 1 is 1.31 bits per heavy atom. The molecule has 6 heteroatoms. The van der Waals surface area contributed by atoms with Crippen LogP contribution in [-0.2, 0) is 9.53 Å². The summed E-state index contributed by atoms with van der Waals surface area (Å²) in [7, 11) is 0. The molecule has 0 aromatic carbocycles. The maximum Gasteiger partial charge on any atom is 0.237 e. The van der Waals surface area contributed by atoms with E-state index >= 15 is 0 Å². The Bertz CT molecular complexity index is 574. The standard InChI is InChI=1S/C20H30FN3O2/c1-20(23-10-19(25)24-11-16(21)6-17(24)9-22)7-14-4-18(5-15(14)8-20)26-12-13-2-3-13/h13-18,23H,2-8,10-12H2,1H3/t14-,15+,16-,17-,18?,20?/m0/s1. The van der Waals surface area contributed by atoms with Crippen molar-refractivity contribution >= 4 is 5.91 Å². The molecule has 6 atom stereocenters. The molecule has 1 amide bonds. The third-order valence-electron chi connectivity index (χ3n) is 6.87. The number of nitrogens with one attached hydrogen (secondary N) is 1. The quantitative estimate of drug-likeness (QED) is 0.787. The van der Waals surface area contributed by atoms with Crippen LogP contribution >= 0.6 is 0 Å². The van der Waals surface area contributed by atoms with Gasteiger partial charge in [0.25, 0.3) is 0 Å². The highest BCUT2D eigenvalue weighted by molar-refractivity contribution is 5.79. The minimum atomic E-state index is -1.07. The van der Waals surface area contributed by atoms with Crippen molar-refractivity contribution < 1.29 is 13.9 Å². The molecule has 4 fully saturated rings. The van der Waals surface area contributed by atoms with Crippen LogP contribution in [0.4, 0.5) is 4.39 Å². The van der Waals surface area contributed by atoms with Crippen LogP contribution in [-0.4, -0.2) is 54.4 Å². The number of nitriles is 1. The van der Waals surface area contributed by atoms with E-state index in [1.54, 1.807) is 0 Å². The van der Waals surface area contributed by atoms with E-state index < -0.39 is 12.2 Å². The molecule has 0 spiro atoms. The molecule has 3 aliphatic carbocycles. The average Bonchev–Trinajstić information content (AvgIpc) is 3.14. The third-order valence-corrected chi connectivity index (χ3v) is 6.87. The molecular formula is C20H30FN3O2. The highest BCUT2D eigenvalue weighted by Gasteiger charge is 2.48. The van der Waals surface area contributed by atoms with Crippen molar-refractivity contribution in [2.75, 3.05) is 19.7 Å². The molecule has 0 bridgehead atoms. The first-order chi connectivity index (χ1) is 12.5. The minimum Gasteiger partial charge on any atom is -0.378 e. The van der Waals surface area contributed by atoms with Crippen molar-refractivity contribution in [2.45, 2.75) is 75.7 Å². The van der Waals surface area contributed by atoms with Gasteiger partial charge in [0.1, 0.15) is 12.2 Å². The molecule has 5 nitrogen and oxygen atoms in total. The number of carbonyl (C=O) groups excluding carboxylic acids is 1. The molecule has 1 heterocycles. The van der Waals surface area contributed by atoms with Crippen molar-refractivity contribution in [3.63, 3.8) is 0 Å². The average molecular weight is 363 g/mol. The monoisotopic (exact) mass is 363 g/mol. The maximum atomic E-state index is 13.5. The van der Waals surface area contributed by atoms with E-state index in [9.17, 15) is 9.18 Å². The summed E-state index contributed by atoms with van der Waals surface area (Å²) in [5.41, 5.74) is -0.0383. The molecule has 3 saturated carbocycles. The predicted molar refractivity (Wildman–Crippen MR) is 94.9 cm³/mol.